The molecule has 0 radical (unpaired) electrons. The molecule has 2 saturated heterocycles. The molecule has 4 fully saturated rings. The molecule has 0 aromatic rings. The molecule has 7 nitrogen and oxygen atoms in total. The Labute approximate surface area is 195 Å². The molecule has 2 bridgehead atoms. The summed E-state index contributed by atoms with van der Waals surface area (Å²) in [6.07, 6.45) is -1.52. The number of fused-ring (bicyclic) bond motifs is 5. The predicted molar refractivity (Wildman–Crippen MR) is 118 cm³/mol. The van der Waals surface area contributed by atoms with Gasteiger partial charge in [0, 0.05) is 36.7 Å². The molecule has 0 unspecified atom stereocenters. The zero-order valence-electron chi connectivity index (χ0n) is 20.6. The Balaban J connectivity index is 1.79. The van der Waals surface area contributed by atoms with E-state index in [0.717, 1.165) is 23.2 Å². The van der Waals surface area contributed by atoms with Crippen LogP contribution in [0.15, 0.2) is 11.1 Å². The number of hydrogen-bond donors (Lipinski definition) is 1. The topological polar surface area (TPSA) is 91.3 Å². The normalized spacial score (nSPS) is 51.8. The van der Waals surface area contributed by atoms with Gasteiger partial charge in [0.05, 0.1) is 18.8 Å². The Kier molecular flexibility index (Phi) is 4.52. The third-order valence-electron chi connectivity index (χ3n) is 9.77. The first-order valence-electron chi connectivity index (χ1n) is 12.1. The minimum atomic E-state index is -1.28. The quantitative estimate of drug-likeness (QED) is 0.373. The number of aliphatic hydroxyl groups is 1. The molecule has 2 heterocycles. The number of rotatable bonds is 2. The average molecular weight is 469 g/mol. The standard InChI is InChI=1S/C24H34O7S/c1-11-8-15-23(27,10-28-15)17-19-24(30-20(26)29-19)9-14(31-32-7)12(2)16(21(24,4)5)13(3)18(25)22(11,17)6/h11,13-15,17,19,27H,8-10H2,1-7H3/t11-,13+,14-,15+,17-,19-,22+,23-,24+/m0/s1/i7T. The number of ketones is 1. The summed E-state index contributed by atoms with van der Waals surface area (Å²) in [4.78, 5) is 27.2. The van der Waals surface area contributed by atoms with Gasteiger partial charge >= 0.3 is 6.16 Å². The third kappa shape index (κ3) is 2.40. The summed E-state index contributed by atoms with van der Waals surface area (Å²) in [5.41, 5.74) is -2.21. The van der Waals surface area contributed by atoms with Crippen molar-refractivity contribution in [2.45, 2.75) is 83.9 Å². The van der Waals surface area contributed by atoms with E-state index in [1.165, 1.54) is 0 Å². The predicted octanol–water partition coefficient (Wildman–Crippen LogP) is 3.68. The van der Waals surface area contributed by atoms with E-state index < -0.39 is 58.3 Å². The van der Waals surface area contributed by atoms with Crippen molar-refractivity contribution in [2.75, 3.05) is 12.8 Å². The van der Waals surface area contributed by atoms with Gasteiger partial charge in [-0.15, -0.1) is 0 Å². The summed E-state index contributed by atoms with van der Waals surface area (Å²) in [6.45, 7) is 12.0. The van der Waals surface area contributed by atoms with E-state index in [-0.39, 0.29) is 24.5 Å². The van der Waals surface area contributed by atoms with Gasteiger partial charge in [-0.05, 0) is 42.5 Å². The lowest BCUT2D eigenvalue weighted by Crippen LogP contribution is -2.78. The fraction of sp³-hybridized carbons (Fsp3) is 0.833. The van der Waals surface area contributed by atoms with Crippen LogP contribution in [0.4, 0.5) is 4.79 Å². The van der Waals surface area contributed by atoms with Crippen molar-refractivity contribution >= 4 is 24.0 Å². The molecule has 1 N–H and O–H groups in total. The van der Waals surface area contributed by atoms with Gasteiger partial charge in [0.2, 0.25) is 0 Å². The molecule has 32 heavy (non-hydrogen) atoms. The lowest BCUT2D eigenvalue weighted by Gasteiger charge is -2.66. The van der Waals surface area contributed by atoms with Crippen LogP contribution in [-0.2, 0) is 23.2 Å². The van der Waals surface area contributed by atoms with Crippen LogP contribution in [0, 0.1) is 28.6 Å². The molecule has 1 spiro atoms. The van der Waals surface area contributed by atoms with Crippen LogP contribution in [0.25, 0.3) is 0 Å². The van der Waals surface area contributed by atoms with Crippen LogP contribution in [0.2, 0.25) is 0 Å². The van der Waals surface area contributed by atoms with E-state index in [1.807, 2.05) is 41.5 Å². The second-order valence-electron chi connectivity index (χ2n) is 11.2. The zero-order valence-corrected chi connectivity index (χ0v) is 20.4. The highest BCUT2D eigenvalue weighted by Gasteiger charge is 2.78. The van der Waals surface area contributed by atoms with E-state index in [9.17, 15) is 14.7 Å². The summed E-state index contributed by atoms with van der Waals surface area (Å²) in [6, 6.07) is 0. The Bertz CT molecular complexity index is 936. The number of ether oxygens (including phenoxy) is 3. The molecule has 5 rings (SSSR count). The Morgan fingerprint density at radius 2 is 1.97 bits per heavy atom. The van der Waals surface area contributed by atoms with Crippen molar-refractivity contribution < 1.29 is 34.5 Å². The minimum absolute atomic E-state index is 0.0285. The fourth-order valence-corrected chi connectivity index (χ4v) is 8.33. The molecule has 0 aromatic carbocycles. The lowest BCUT2D eigenvalue weighted by molar-refractivity contribution is -0.327. The van der Waals surface area contributed by atoms with Crippen molar-refractivity contribution in [1.82, 2.24) is 0 Å². The van der Waals surface area contributed by atoms with Crippen LogP contribution in [0.3, 0.4) is 0 Å². The summed E-state index contributed by atoms with van der Waals surface area (Å²) in [5, 5.41) is 11.9. The number of Topliss-reactive ketones (excluding diaryl/α,β-unsaturated/α-hetero) is 1. The second-order valence-corrected chi connectivity index (χ2v) is 11.6. The average Bonchev–Trinajstić information content (AvgIpc) is 3.07. The van der Waals surface area contributed by atoms with E-state index >= 15 is 0 Å². The molecule has 178 valence electrons. The second kappa shape index (κ2) is 6.74. The highest BCUT2D eigenvalue weighted by atomic mass is 32.2. The largest absolute Gasteiger partial charge is 0.509 e. The highest BCUT2D eigenvalue weighted by Crippen LogP contribution is 2.67. The molecule has 0 amide bonds. The highest BCUT2D eigenvalue weighted by molar-refractivity contribution is 7.93. The van der Waals surface area contributed by atoms with E-state index in [1.54, 1.807) is 0 Å². The van der Waals surface area contributed by atoms with Gasteiger partial charge in [-0.2, -0.15) is 0 Å². The molecular formula is C24H34O7S. The van der Waals surface area contributed by atoms with Crippen molar-refractivity contribution in [3.8, 4) is 0 Å². The van der Waals surface area contributed by atoms with Gasteiger partial charge in [0.1, 0.15) is 11.4 Å². The van der Waals surface area contributed by atoms with Crippen LogP contribution in [-0.4, -0.2) is 59.4 Å². The monoisotopic (exact) mass is 468 g/mol. The van der Waals surface area contributed by atoms with Crippen molar-refractivity contribution in [1.29, 1.82) is 0 Å². The van der Waals surface area contributed by atoms with Gasteiger partial charge in [-0.1, -0.05) is 34.6 Å². The summed E-state index contributed by atoms with van der Waals surface area (Å²) in [7, 11) is 0. The Hall–Kier alpha value is -1.09. The smallest absolute Gasteiger partial charge is 0.426 e. The van der Waals surface area contributed by atoms with Crippen molar-refractivity contribution in [2.24, 2.45) is 28.6 Å². The molecule has 2 saturated carbocycles. The van der Waals surface area contributed by atoms with Crippen LogP contribution in [0.1, 0.15) is 55.8 Å². The van der Waals surface area contributed by atoms with Gasteiger partial charge in [-0.25, -0.2) is 4.79 Å². The van der Waals surface area contributed by atoms with Gasteiger partial charge in [0.15, 0.2) is 11.7 Å². The van der Waals surface area contributed by atoms with E-state index in [2.05, 4.69) is 0 Å². The van der Waals surface area contributed by atoms with Gasteiger partial charge < -0.3 is 23.5 Å². The molecule has 3 aliphatic carbocycles. The van der Waals surface area contributed by atoms with Gasteiger partial charge in [-0.3, -0.25) is 4.79 Å². The Morgan fingerprint density at radius 1 is 1.25 bits per heavy atom. The first-order valence-corrected chi connectivity index (χ1v) is 12.3. The summed E-state index contributed by atoms with van der Waals surface area (Å²) < 4.78 is 31.3. The molecule has 5 aliphatic rings. The van der Waals surface area contributed by atoms with Crippen LogP contribution < -0.4 is 0 Å². The van der Waals surface area contributed by atoms with E-state index in [4.69, 9.17) is 19.8 Å². The molecule has 0 aromatic heterocycles. The fourth-order valence-electron chi connectivity index (χ4n) is 7.95. The molecular weight excluding hydrogens is 432 g/mol. The molecule has 9 atom stereocenters. The number of carbonyl (C=O) groups excluding carboxylic acids is 2. The first kappa shape index (κ1) is 21.4. The number of hydrogen-bond acceptors (Lipinski definition) is 8. The minimum Gasteiger partial charge on any atom is -0.426 e. The maximum absolute atomic E-state index is 14.4. The summed E-state index contributed by atoms with van der Waals surface area (Å²) >= 11 is 1.03. The van der Waals surface area contributed by atoms with Gasteiger partial charge in [0.25, 0.3) is 0 Å². The lowest BCUT2D eigenvalue weighted by atomic mass is 9.42. The van der Waals surface area contributed by atoms with Crippen LogP contribution >= 0.6 is 12.0 Å². The Morgan fingerprint density at radius 3 is 2.59 bits per heavy atom. The maximum Gasteiger partial charge on any atom is 0.509 e. The van der Waals surface area contributed by atoms with Crippen molar-refractivity contribution in [3.05, 3.63) is 11.1 Å². The molecule has 2 aliphatic heterocycles. The van der Waals surface area contributed by atoms with Crippen molar-refractivity contribution in [3.63, 3.8) is 0 Å². The third-order valence-corrected chi connectivity index (χ3v) is 10.1. The maximum atomic E-state index is 14.4. The zero-order chi connectivity index (χ0) is 24.1. The van der Waals surface area contributed by atoms with E-state index in [0.29, 0.717) is 12.8 Å². The molecule has 8 heteroatoms. The first-order chi connectivity index (χ1) is 15.4. The summed E-state index contributed by atoms with van der Waals surface area (Å²) in [5.74, 6) is -1.15. The number of carbonyl (C=O) groups is 2. The van der Waals surface area contributed by atoms with Crippen LogP contribution in [0.5, 0.6) is 0 Å². The SMILES string of the molecule is [3H]CSO[C@H]1C[C@@]23OC(=O)O[C@H]2[C@@H]2[C@]4(O)CO[C@@H]4C[C@H](C)[C@@]2(C)C(=O)[C@H](C)C(=C1C)C3(C)C.